The minimum atomic E-state index is -0.739. The van der Waals surface area contributed by atoms with E-state index in [1.807, 2.05) is 11.0 Å². The summed E-state index contributed by atoms with van der Waals surface area (Å²) in [5, 5.41) is 3.23. The van der Waals surface area contributed by atoms with E-state index in [0.717, 1.165) is 45.7 Å². The van der Waals surface area contributed by atoms with Gasteiger partial charge in [0.15, 0.2) is 5.11 Å². The average Bonchev–Trinajstić information content (AvgIpc) is 3.29. The third-order valence-corrected chi connectivity index (χ3v) is 8.62. The zero-order chi connectivity index (χ0) is 31.8. The van der Waals surface area contributed by atoms with Gasteiger partial charge in [-0.25, -0.2) is 4.79 Å². The predicted octanol–water partition coefficient (Wildman–Crippen LogP) is 4.02. The van der Waals surface area contributed by atoms with Gasteiger partial charge in [-0.05, 0) is 79.3 Å². The molecule has 0 radical (unpaired) electrons. The summed E-state index contributed by atoms with van der Waals surface area (Å²) in [5.74, 6) is -0.346. The molecule has 11 heteroatoms. The molecule has 0 bridgehead atoms. The van der Waals surface area contributed by atoms with Crippen LogP contribution < -0.4 is 15.0 Å². The van der Waals surface area contributed by atoms with Crippen molar-refractivity contribution in [2.75, 3.05) is 63.7 Å². The first-order valence-corrected chi connectivity index (χ1v) is 15.5. The van der Waals surface area contributed by atoms with Crippen LogP contribution in [0, 0.1) is 0 Å². The average molecular weight is 630 g/mol. The Morgan fingerprint density at radius 2 is 1.53 bits per heavy atom. The van der Waals surface area contributed by atoms with Crippen LogP contribution in [0.1, 0.15) is 28.8 Å². The fraction of sp³-hybridized carbons (Fsp3) is 0.353. The maximum absolute atomic E-state index is 13.8. The standard InChI is InChI=1S/C34H39N5O5S/c1-43-29-15-13-28(14-16-29)39-32(41)30(23-31(40)35-27-11-9-26(10-12-27)33(42)44-2)38(34(39)45)18-6-17-36-19-21-37(22-20-36)24-25-7-4-3-5-8-25/h3-5,7-16,30H,6,17-24H2,1-2H3,(H,35,40)/t30-/m0/s1. The van der Waals surface area contributed by atoms with Crippen molar-refractivity contribution in [2.24, 2.45) is 0 Å². The van der Waals surface area contributed by atoms with Crippen molar-refractivity contribution >= 4 is 46.5 Å². The fourth-order valence-electron chi connectivity index (χ4n) is 5.73. The van der Waals surface area contributed by atoms with Gasteiger partial charge in [-0.2, -0.15) is 0 Å². The van der Waals surface area contributed by atoms with Gasteiger partial charge in [0.2, 0.25) is 5.91 Å². The largest absolute Gasteiger partial charge is 0.497 e. The van der Waals surface area contributed by atoms with Crippen LogP contribution in [0.5, 0.6) is 5.75 Å². The Morgan fingerprint density at radius 3 is 2.18 bits per heavy atom. The molecule has 0 spiro atoms. The molecule has 0 unspecified atom stereocenters. The minimum absolute atomic E-state index is 0.0669. The summed E-state index contributed by atoms with van der Waals surface area (Å²) in [6, 6.07) is 23.4. The van der Waals surface area contributed by atoms with Gasteiger partial charge in [0.25, 0.3) is 5.91 Å². The number of carbonyl (C=O) groups is 3. The number of hydrogen-bond acceptors (Lipinski definition) is 8. The molecule has 45 heavy (non-hydrogen) atoms. The molecule has 2 aliphatic rings. The van der Waals surface area contributed by atoms with E-state index < -0.39 is 12.0 Å². The fourth-order valence-corrected chi connectivity index (χ4v) is 6.14. The first-order valence-electron chi connectivity index (χ1n) is 15.1. The first kappa shape index (κ1) is 32.1. The lowest BCUT2D eigenvalue weighted by Gasteiger charge is -2.35. The van der Waals surface area contributed by atoms with Crippen molar-refractivity contribution < 1.29 is 23.9 Å². The molecule has 3 aromatic rings. The molecule has 0 aromatic heterocycles. The number of rotatable bonds is 12. The Balaban J connectivity index is 1.21. The maximum atomic E-state index is 13.8. The second-order valence-electron chi connectivity index (χ2n) is 11.1. The highest BCUT2D eigenvalue weighted by molar-refractivity contribution is 7.80. The summed E-state index contributed by atoms with van der Waals surface area (Å²) in [5.41, 5.74) is 2.86. The first-order chi connectivity index (χ1) is 21.9. The van der Waals surface area contributed by atoms with E-state index in [4.69, 9.17) is 21.7 Å². The monoisotopic (exact) mass is 629 g/mol. The summed E-state index contributed by atoms with van der Waals surface area (Å²) in [7, 11) is 2.90. The number of thiocarbonyl (C=S) groups is 1. The smallest absolute Gasteiger partial charge is 0.337 e. The van der Waals surface area contributed by atoms with Crippen molar-refractivity contribution in [3.05, 3.63) is 90.0 Å². The van der Waals surface area contributed by atoms with E-state index in [0.29, 0.717) is 34.3 Å². The minimum Gasteiger partial charge on any atom is -0.497 e. The number of nitrogens with zero attached hydrogens (tertiary/aromatic N) is 4. The number of ether oxygens (including phenoxy) is 2. The highest BCUT2D eigenvalue weighted by atomic mass is 32.1. The van der Waals surface area contributed by atoms with Gasteiger partial charge in [-0.1, -0.05) is 30.3 Å². The van der Waals surface area contributed by atoms with Crippen LogP contribution in [0.2, 0.25) is 0 Å². The number of piperazine rings is 1. The number of benzene rings is 3. The van der Waals surface area contributed by atoms with E-state index in [1.165, 1.54) is 17.6 Å². The van der Waals surface area contributed by atoms with Crippen LogP contribution in [0.3, 0.4) is 0 Å². The Hall–Kier alpha value is -4.32. The Bertz CT molecular complexity index is 1480. The quantitative estimate of drug-likeness (QED) is 0.236. The molecule has 3 aromatic carbocycles. The second-order valence-corrected chi connectivity index (χ2v) is 11.5. The van der Waals surface area contributed by atoms with Crippen LogP contribution in [0.25, 0.3) is 0 Å². The molecule has 2 amide bonds. The van der Waals surface area contributed by atoms with E-state index in [2.05, 4.69) is 39.4 Å². The van der Waals surface area contributed by atoms with Crippen molar-refractivity contribution in [3.63, 3.8) is 0 Å². The SMILES string of the molecule is COC(=O)c1ccc(NC(=O)C[C@H]2C(=O)N(c3ccc(OC)cc3)C(=S)N2CCCN2CCN(Cc3ccccc3)CC2)cc1. The van der Waals surface area contributed by atoms with Crippen molar-refractivity contribution in [1.82, 2.24) is 14.7 Å². The second kappa shape index (κ2) is 15.1. The van der Waals surface area contributed by atoms with Crippen LogP contribution in [-0.4, -0.2) is 97.1 Å². The third-order valence-electron chi connectivity index (χ3n) is 8.21. The molecule has 0 aliphatic carbocycles. The molecule has 236 valence electrons. The van der Waals surface area contributed by atoms with Crippen LogP contribution in [0.4, 0.5) is 11.4 Å². The molecule has 5 rings (SSSR count). The Morgan fingerprint density at radius 1 is 0.867 bits per heavy atom. The molecular weight excluding hydrogens is 590 g/mol. The number of methoxy groups -OCH3 is 2. The zero-order valence-electron chi connectivity index (χ0n) is 25.7. The Labute approximate surface area is 269 Å². The molecular formula is C34H39N5O5S. The summed E-state index contributed by atoms with van der Waals surface area (Å²) in [4.78, 5) is 47.0. The van der Waals surface area contributed by atoms with Crippen LogP contribution in [-0.2, 0) is 20.9 Å². The van der Waals surface area contributed by atoms with Gasteiger partial charge < -0.3 is 24.6 Å². The van der Waals surface area contributed by atoms with Gasteiger partial charge in [0.1, 0.15) is 11.8 Å². The summed E-state index contributed by atoms with van der Waals surface area (Å²) >= 11 is 5.84. The van der Waals surface area contributed by atoms with Crippen LogP contribution in [0.15, 0.2) is 78.9 Å². The highest BCUT2D eigenvalue weighted by Crippen LogP contribution is 2.29. The molecule has 2 heterocycles. The van der Waals surface area contributed by atoms with Gasteiger partial charge in [0.05, 0.1) is 31.9 Å². The lowest BCUT2D eigenvalue weighted by molar-refractivity contribution is -0.124. The van der Waals surface area contributed by atoms with Crippen LogP contribution >= 0.6 is 12.2 Å². The molecule has 1 N–H and O–H groups in total. The van der Waals surface area contributed by atoms with Crippen molar-refractivity contribution in [2.45, 2.75) is 25.4 Å². The van der Waals surface area contributed by atoms with Gasteiger partial charge in [0, 0.05) is 45.0 Å². The van der Waals surface area contributed by atoms with Gasteiger partial charge in [-0.3, -0.25) is 19.4 Å². The van der Waals surface area contributed by atoms with Crippen molar-refractivity contribution in [1.29, 1.82) is 0 Å². The zero-order valence-corrected chi connectivity index (χ0v) is 26.5. The molecule has 1 atom stereocenters. The number of amides is 2. The third kappa shape index (κ3) is 8.05. The maximum Gasteiger partial charge on any atom is 0.337 e. The van der Waals surface area contributed by atoms with Gasteiger partial charge >= 0.3 is 5.97 Å². The summed E-state index contributed by atoms with van der Waals surface area (Å²) in [6.07, 6.45) is 0.734. The van der Waals surface area contributed by atoms with E-state index in [9.17, 15) is 14.4 Å². The van der Waals surface area contributed by atoms with E-state index in [-0.39, 0.29) is 18.2 Å². The topological polar surface area (TPSA) is 94.7 Å². The number of carbonyl (C=O) groups excluding carboxylic acids is 3. The molecule has 2 aliphatic heterocycles. The molecule has 0 saturated carbocycles. The normalized spacial score (nSPS) is 17.4. The molecule has 10 nitrogen and oxygen atoms in total. The lowest BCUT2D eigenvalue weighted by Crippen LogP contribution is -2.47. The van der Waals surface area contributed by atoms with Gasteiger partial charge in [-0.15, -0.1) is 0 Å². The highest BCUT2D eigenvalue weighted by Gasteiger charge is 2.44. The van der Waals surface area contributed by atoms with E-state index in [1.54, 1.807) is 55.6 Å². The number of nitrogens with one attached hydrogen (secondary N) is 1. The molecule has 2 saturated heterocycles. The Kier molecular flexibility index (Phi) is 10.8. The van der Waals surface area contributed by atoms with E-state index >= 15 is 0 Å². The summed E-state index contributed by atoms with van der Waals surface area (Å²) in [6.45, 7) is 6.35. The number of anilines is 2. The predicted molar refractivity (Wildman–Crippen MR) is 177 cm³/mol. The number of esters is 1. The lowest BCUT2D eigenvalue weighted by atomic mass is 10.1. The number of hydrogen-bond donors (Lipinski definition) is 1. The summed E-state index contributed by atoms with van der Waals surface area (Å²) < 4.78 is 10.0. The molecule has 2 fully saturated rings. The van der Waals surface area contributed by atoms with Crippen molar-refractivity contribution in [3.8, 4) is 5.75 Å².